The van der Waals surface area contributed by atoms with E-state index in [9.17, 15) is 20.4 Å². The van der Waals surface area contributed by atoms with Gasteiger partial charge in [-0.1, -0.05) is 27.5 Å². The summed E-state index contributed by atoms with van der Waals surface area (Å²) in [6.45, 7) is -0.530. The van der Waals surface area contributed by atoms with E-state index in [0.29, 0.717) is 10.4 Å². The molecule has 1 unspecified atom stereocenters. The Kier molecular flexibility index (Phi) is 4.84. The minimum atomic E-state index is -1.51. The molecule has 0 spiro atoms. The molecule has 5 atom stereocenters. The summed E-state index contributed by atoms with van der Waals surface area (Å²) in [4.78, 5) is 2.95. The first-order valence-corrected chi connectivity index (χ1v) is 8.03. The quantitative estimate of drug-likeness (QED) is 0.512. The largest absolute Gasteiger partial charge is 0.445 e. The molecular weight excluding hydrogens is 394 g/mol. The van der Waals surface area contributed by atoms with E-state index in [4.69, 9.17) is 21.1 Å². The zero-order valence-electron chi connectivity index (χ0n) is 11.7. The van der Waals surface area contributed by atoms with E-state index in [-0.39, 0.29) is 5.88 Å². The maximum absolute atomic E-state index is 9.99. The normalized spacial score (nSPS) is 31.5. The van der Waals surface area contributed by atoms with Gasteiger partial charge in [0, 0.05) is 15.4 Å². The highest BCUT2D eigenvalue weighted by atomic mass is 79.9. The van der Waals surface area contributed by atoms with Crippen LogP contribution in [0.2, 0.25) is 5.02 Å². The van der Waals surface area contributed by atoms with Crippen LogP contribution in [0.15, 0.2) is 22.7 Å². The van der Waals surface area contributed by atoms with E-state index >= 15 is 0 Å². The molecule has 0 amide bonds. The van der Waals surface area contributed by atoms with E-state index in [1.807, 2.05) is 6.07 Å². The number of aromatic amines is 1. The molecule has 7 nitrogen and oxygen atoms in total. The maximum Gasteiger partial charge on any atom is 0.231 e. The molecule has 9 heteroatoms. The van der Waals surface area contributed by atoms with Crippen LogP contribution in [-0.2, 0) is 4.74 Å². The number of fused-ring (bicyclic) bond motifs is 1. The van der Waals surface area contributed by atoms with Gasteiger partial charge in [0.05, 0.1) is 6.61 Å². The van der Waals surface area contributed by atoms with Gasteiger partial charge in [0.15, 0.2) is 0 Å². The van der Waals surface area contributed by atoms with Gasteiger partial charge in [-0.15, -0.1) is 0 Å². The number of nitrogens with one attached hydrogen (secondary N) is 1. The van der Waals surface area contributed by atoms with Gasteiger partial charge >= 0.3 is 0 Å². The third-order valence-corrected chi connectivity index (χ3v) is 4.62. The van der Waals surface area contributed by atoms with Gasteiger partial charge in [-0.05, 0) is 18.2 Å². The summed E-state index contributed by atoms with van der Waals surface area (Å²) in [5.74, 6) is 0.157. The number of rotatable bonds is 3. The lowest BCUT2D eigenvalue weighted by Gasteiger charge is -2.39. The Bertz CT molecular complexity index is 708. The molecule has 0 saturated carbocycles. The van der Waals surface area contributed by atoms with E-state index in [2.05, 4.69) is 20.9 Å². The second-order valence-electron chi connectivity index (χ2n) is 5.27. The number of ether oxygens (including phenoxy) is 2. The molecule has 1 aromatic carbocycles. The van der Waals surface area contributed by atoms with Crippen LogP contribution >= 0.6 is 27.5 Å². The first-order valence-electron chi connectivity index (χ1n) is 6.86. The Morgan fingerprint density at radius 1 is 1.22 bits per heavy atom. The Hall–Kier alpha value is -0.870. The fourth-order valence-corrected chi connectivity index (χ4v) is 3.08. The topological polar surface area (TPSA) is 115 Å². The number of aliphatic hydroxyl groups excluding tert-OH is 4. The summed E-state index contributed by atoms with van der Waals surface area (Å²) in [5.41, 5.74) is 0.720. The highest BCUT2D eigenvalue weighted by molar-refractivity contribution is 9.10. The zero-order valence-corrected chi connectivity index (χ0v) is 14.0. The lowest BCUT2D eigenvalue weighted by Crippen LogP contribution is -2.60. The van der Waals surface area contributed by atoms with Crippen LogP contribution < -0.4 is 4.74 Å². The average Bonchev–Trinajstić information content (AvgIpc) is 2.84. The minimum Gasteiger partial charge on any atom is -0.445 e. The van der Waals surface area contributed by atoms with Gasteiger partial charge in [0.25, 0.3) is 0 Å². The molecule has 0 radical (unpaired) electrons. The highest BCUT2D eigenvalue weighted by Crippen LogP contribution is 2.36. The second-order valence-corrected chi connectivity index (χ2v) is 6.57. The Labute approximate surface area is 144 Å². The summed E-state index contributed by atoms with van der Waals surface area (Å²) in [6, 6.07) is 5.42. The number of hydrogen-bond acceptors (Lipinski definition) is 6. The number of aromatic nitrogens is 1. The Morgan fingerprint density at radius 3 is 2.65 bits per heavy atom. The smallest absolute Gasteiger partial charge is 0.231 e. The Morgan fingerprint density at radius 2 is 1.96 bits per heavy atom. The van der Waals surface area contributed by atoms with Crippen molar-refractivity contribution in [2.75, 3.05) is 6.61 Å². The van der Waals surface area contributed by atoms with E-state index < -0.39 is 37.3 Å². The summed E-state index contributed by atoms with van der Waals surface area (Å²) in [7, 11) is 0. The molecule has 0 bridgehead atoms. The zero-order chi connectivity index (χ0) is 16.7. The fourth-order valence-electron chi connectivity index (χ4n) is 2.47. The third kappa shape index (κ3) is 3.08. The van der Waals surface area contributed by atoms with Crippen molar-refractivity contribution in [1.82, 2.24) is 4.98 Å². The van der Waals surface area contributed by atoms with Gasteiger partial charge in [-0.25, -0.2) is 0 Å². The molecule has 1 aromatic heterocycles. The molecule has 2 heterocycles. The number of hydrogen-bond donors (Lipinski definition) is 5. The number of halogens is 2. The molecule has 1 saturated heterocycles. The summed E-state index contributed by atoms with van der Waals surface area (Å²) >= 11 is 9.60. The molecular formula is C14H15BrClNO6. The minimum absolute atomic E-state index is 0.157. The molecule has 1 aliphatic rings. The highest BCUT2D eigenvalue weighted by Gasteiger charge is 2.45. The number of aliphatic hydroxyl groups is 4. The first-order chi connectivity index (χ1) is 10.9. The van der Waals surface area contributed by atoms with Crippen molar-refractivity contribution in [3.63, 3.8) is 0 Å². The van der Waals surface area contributed by atoms with Crippen molar-refractivity contribution in [3.8, 4) is 5.88 Å². The van der Waals surface area contributed by atoms with E-state index in [0.717, 1.165) is 9.99 Å². The van der Waals surface area contributed by atoms with Crippen LogP contribution in [0.4, 0.5) is 0 Å². The molecule has 5 N–H and O–H groups in total. The molecule has 1 aliphatic heterocycles. The van der Waals surface area contributed by atoms with Gasteiger partial charge in [-0.3, -0.25) is 0 Å². The molecule has 1 fully saturated rings. The lowest BCUT2D eigenvalue weighted by molar-refractivity contribution is -0.278. The predicted octanol–water partition coefficient (Wildman–Crippen LogP) is 0.762. The van der Waals surface area contributed by atoms with Crippen molar-refractivity contribution in [3.05, 3.63) is 27.7 Å². The third-order valence-electron chi connectivity index (χ3n) is 3.75. The summed E-state index contributed by atoms with van der Waals surface area (Å²) in [6.07, 6.45) is -6.79. The fraction of sp³-hybridized carbons (Fsp3) is 0.429. The maximum atomic E-state index is 9.99. The summed E-state index contributed by atoms with van der Waals surface area (Å²) in [5, 5.41) is 39.7. The molecule has 126 valence electrons. The van der Waals surface area contributed by atoms with Gasteiger partial charge in [0.2, 0.25) is 12.2 Å². The number of H-pyrrole nitrogens is 1. The standard InChI is InChI=1S/C14H15BrClNO6/c15-5-1-2-7-6(3-5)9(16)13(17-7)23-14-12(21)11(20)10(19)8(4-18)22-14/h1-3,8,10-12,14,17-21H,4H2/t8-,10+,11+,12-,14?/m1/s1. The van der Waals surface area contributed by atoms with Crippen molar-refractivity contribution in [1.29, 1.82) is 0 Å². The van der Waals surface area contributed by atoms with Crippen LogP contribution in [0.1, 0.15) is 0 Å². The molecule has 0 aliphatic carbocycles. The van der Waals surface area contributed by atoms with E-state index in [1.54, 1.807) is 12.1 Å². The Balaban J connectivity index is 1.87. The average molecular weight is 409 g/mol. The number of benzene rings is 1. The molecule has 2 aromatic rings. The van der Waals surface area contributed by atoms with Crippen LogP contribution in [0.25, 0.3) is 10.9 Å². The van der Waals surface area contributed by atoms with Crippen LogP contribution in [0.3, 0.4) is 0 Å². The summed E-state index contributed by atoms with van der Waals surface area (Å²) < 4.78 is 11.6. The predicted molar refractivity (Wildman–Crippen MR) is 85.4 cm³/mol. The van der Waals surface area contributed by atoms with Gasteiger partial charge in [0.1, 0.15) is 29.4 Å². The van der Waals surface area contributed by atoms with E-state index in [1.165, 1.54) is 0 Å². The SMILES string of the molecule is OC[C@H]1OC(Oc2[nH]c3ccc(Br)cc3c2Cl)[C@H](O)[C@@H](O)[C@H]1O. The van der Waals surface area contributed by atoms with Gasteiger partial charge in [-0.2, -0.15) is 0 Å². The first kappa shape index (κ1) is 17.0. The molecule has 23 heavy (non-hydrogen) atoms. The van der Waals surface area contributed by atoms with Crippen LogP contribution in [0, 0.1) is 0 Å². The van der Waals surface area contributed by atoms with Crippen molar-refractivity contribution < 1.29 is 29.9 Å². The van der Waals surface area contributed by atoms with Crippen LogP contribution in [0.5, 0.6) is 5.88 Å². The second kappa shape index (κ2) is 6.56. The lowest BCUT2D eigenvalue weighted by atomic mass is 9.99. The van der Waals surface area contributed by atoms with Crippen LogP contribution in [-0.4, -0.2) is 62.7 Å². The van der Waals surface area contributed by atoms with Crippen molar-refractivity contribution in [2.24, 2.45) is 0 Å². The monoisotopic (exact) mass is 407 g/mol. The van der Waals surface area contributed by atoms with Crippen molar-refractivity contribution >= 4 is 38.4 Å². The van der Waals surface area contributed by atoms with Crippen molar-refractivity contribution in [2.45, 2.75) is 30.7 Å². The molecule has 3 rings (SSSR count). The van der Waals surface area contributed by atoms with Gasteiger partial charge < -0.3 is 34.9 Å².